The Labute approximate surface area is 164 Å². The third kappa shape index (κ3) is 5.25. The fourth-order valence-electron chi connectivity index (χ4n) is 2.41. The molecule has 1 N–H and O–H groups in total. The number of carbonyl (C=O) groups is 1. The van der Waals surface area contributed by atoms with Gasteiger partial charge in [-0.3, -0.25) is 4.79 Å². The van der Waals surface area contributed by atoms with E-state index in [-0.39, 0.29) is 5.57 Å². The minimum Gasteiger partial charge on any atom is -0.490 e. The lowest BCUT2D eigenvalue weighted by atomic mass is 10.1. The van der Waals surface area contributed by atoms with Gasteiger partial charge >= 0.3 is 0 Å². The fourth-order valence-corrected chi connectivity index (χ4v) is 2.58. The number of anilines is 1. The molecule has 0 aliphatic carbocycles. The molecule has 0 saturated heterocycles. The largest absolute Gasteiger partial charge is 0.490 e. The maximum absolute atomic E-state index is 12.5. The second kappa shape index (κ2) is 9.65. The number of nitriles is 1. The zero-order chi connectivity index (χ0) is 19.8. The molecule has 0 atom stereocenters. The van der Waals surface area contributed by atoms with Crippen molar-refractivity contribution in [2.75, 3.05) is 18.5 Å². The quantitative estimate of drug-likeness (QED) is 0.539. The van der Waals surface area contributed by atoms with Crippen LogP contribution in [-0.4, -0.2) is 19.1 Å². The summed E-state index contributed by atoms with van der Waals surface area (Å²) < 4.78 is 11.1. The number of rotatable bonds is 7. The van der Waals surface area contributed by atoms with E-state index in [1.807, 2.05) is 19.9 Å². The van der Waals surface area contributed by atoms with E-state index in [4.69, 9.17) is 21.1 Å². The van der Waals surface area contributed by atoms with Gasteiger partial charge in [0.1, 0.15) is 11.6 Å². The third-order valence-electron chi connectivity index (χ3n) is 3.76. The molecule has 0 aliphatic rings. The van der Waals surface area contributed by atoms with Crippen LogP contribution in [0.3, 0.4) is 0 Å². The number of nitrogens with one attached hydrogen (secondary N) is 1. The van der Waals surface area contributed by atoms with Gasteiger partial charge in [0.15, 0.2) is 11.5 Å². The summed E-state index contributed by atoms with van der Waals surface area (Å²) in [4.78, 5) is 12.5. The van der Waals surface area contributed by atoms with E-state index >= 15 is 0 Å². The Morgan fingerprint density at radius 2 is 1.89 bits per heavy atom. The highest BCUT2D eigenvalue weighted by molar-refractivity contribution is 6.31. The van der Waals surface area contributed by atoms with Crippen molar-refractivity contribution < 1.29 is 14.3 Å². The first-order valence-corrected chi connectivity index (χ1v) is 8.95. The van der Waals surface area contributed by atoms with Crippen LogP contribution in [0.25, 0.3) is 6.08 Å². The Bertz CT molecular complexity index is 901. The summed E-state index contributed by atoms with van der Waals surface area (Å²) in [6, 6.07) is 12.4. The molecule has 140 valence electrons. The number of hydrogen-bond donors (Lipinski definition) is 1. The Kier molecular flexibility index (Phi) is 7.27. The Hall–Kier alpha value is -2.97. The van der Waals surface area contributed by atoms with Crippen LogP contribution in [-0.2, 0) is 4.79 Å². The first kappa shape index (κ1) is 20.3. The molecule has 27 heavy (non-hydrogen) atoms. The number of amides is 1. The minimum absolute atomic E-state index is 0.0269. The number of halogens is 1. The number of benzene rings is 2. The SMILES string of the molecule is CCOc1ccc(/C=C(/C#N)C(=O)Nc2cccc(Cl)c2C)cc1OCC. The van der Waals surface area contributed by atoms with Gasteiger partial charge in [-0.25, -0.2) is 0 Å². The molecule has 0 saturated carbocycles. The third-order valence-corrected chi connectivity index (χ3v) is 4.17. The lowest BCUT2D eigenvalue weighted by Gasteiger charge is -2.12. The Morgan fingerprint density at radius 1 is 1.19 bits per heavy atom. The van der Waals surface area contributed by atoms with Crippen molar-refractivity contribution >= 4 is 29.3 Å². The molecular weight excluding hydrogens is 364 g/mol. The molecule has 2 rings (SSSR count). The van der Waals surface area contributed by atoms with E-state index in [9.17, 15) is 10.1 Å². The topological polar surface area (TPSA) is 71.3 Å². The van der Waals surface area contributed by atoms with Crippen LogP contribution < -0.4 is 14.8 Å². The van der Waals surface area contributed by atoms with Crippen molar-refractivity contribution in [3.8, 4) is 17.6 Å². The molecule has 0 bridgehead atoms. The lowest BCUT2D eigenvalue weighted by molar-refractivity contribution is -0.112. The molecule has 0 heterocycles. The average Bonchev–Trinajstić information content (AvgIpc) is 2.65. The van der Waals surface area contributed by atoms with Crippen molar-refractivity contribution in [2.45, 2.75) is 20.8 Å². The predicted molar refractivity (Wildman–Crippen MR) is 107 cm³/mol. The van der Waals surface area contributed by atoms with Gasteiger partial charge in [0, 0.05) is 10.7 Å². The van der Waals surface area contributed by atoms with Crippen LogP contribution in [0.5, 0.6) is 11.5 Å². The summed E-state index contributed by atoms with van der Waals surface area (Å²) in [6.07, 6.45) is 1.51. The van der Waals surface area contributed by atoms with Crippen LogP contribution in [0, 0.1) is 18.3 Å². The van der Waals surface area contributed by atoms with Crippen molar-refractivity contribution in [1.82, 2.24) is 0 Å². The summed E-state index contributed by atoms with van der Waals surface area (Å²) in [5.74, 6) is 0.681. The molecule has 5 nitrogen and oxygen atoms in total. The van der Waals surface area contributed by atoms with Gasteiger partial charge in [-0.2, -0.15) is 5.26 Å². The van der Waals surface area contributed by atoms with Gasteiger partial charge in [0.2, 0.25) is 0 Å². The van der Waals surface area contributed by atoms with Crippen molar-refractivity contribution in [3.05, 3.63) is 58.1 Å². The van der Waals surface area contributed by atoms with Gasteiger partial charge in [0.25, 0.3) is 5.91 Å². The number of carbonyl (C=O) groups excluding carboxylic acids is 1. The van der Waals surface area contributed by atoms with E-state index in [0.29, 0.717) is 41.0 Å². The van der Waals surface area contributed by atoms with Gasteiger partial charge < -0.3 is 14.8 Å². The maximum Gasteiger partial charge on any atom is 0.266 e. The summed E-state index contributed by atoms with van der Waals surface area (Å²) in [7, 11) is 0. The second-order valence-electron chi connectivity index (χ2n) is 5.61. The highest BCUT2D eigenvalue weighted by Crippen LogP contribution is 2.29. The van der Waals surface area contributed by atoms with Gasteiger partial charge in [-0.05, 0) is 62.2 Å². The highest BCUT2D eigenvalue weighted by Gasteiger charge is 2.13. The van der Waals surface area contributed by atoms with E-state index in [0.717, 1.165) is 5.56 Å². The number of ether oxygens (including phenoxy) is 2. The van der Waals surface area contributed by atoms with Crippen LogP contribution in [0.1, 0.15) is 25.0 Å². The molecule has 0 aliphatic heterocycles. The van der Waals surface area contributed by atoms with Crippen LogP contribution >= 0.6 is 11.6 Å². The average molecular weight is 385 g/mol. The van der Waals surface area contributed by atoms with E-state index in [1.54, 1.807) is 43.3 Å². The molecule has 2 aromatic rings. The van der Waals surface area contributed by atoms with Gasteiger partial charge in [-0.15, -0.1) is 0 Å². The monoisotopic (exact) mass is 384 g/mol. The van der Waals surface area contributed by atoms with Crippen LogP contribution in [0.15, 0.2) is 42.0 Å². The fraction of sp³-hybridized carbons (Fsp3) is 0.238. The molecule has 1 amide bonds. The van der Waals surface area contributed by atoms with Crippen LogP contribution in [0.2, 0.25) is 5.02 Å². The first-order chi connectivity index (χ1) is 13.0. The van der Waals surface area contributed by atoms with Crippen LogP contribution in [0.4, 0.5) is 5.69 Å². The molecule has 0 spiro atoms. The molecular formula is C21H21ClN2O3. The predicted octanol–water partition coefficient (Wildman–Crippen LogP) is 4.99. The van der Waals surface area contributed by atoms with Gasteiger partial charge in [-0.1, -0.05) is 23.7 Å². The van der Waals surface area contributed by atoms with E-state index < -0.39 is 5.91 Å². The lowest BCUT2D eigenvalue weighted by Crippen LogP contribution is -2.14. The van der Waals surface area contributed by atoms with Crippen molar-refractivity contribution in [2.24, 2.45) is 0 Å². The minimum atomic E-state index is -0.505. The summed E-state index contributed by atoms with van der Waals surface area (Å²) in [6.45, 7) is 6.56. The maximum atomic E-state index is 12.5. The van der Waals surface area contributed by atoms with E-state index in [1.165, 1.54) is 6.08 Å². The smallest absolute Gasteiger partial charge is 0.266 e. The number of nitrogens with zero attached hydrogens (tertiary/aromatic N) is 1. The van der Waals surface area contributed by atoms with Gasteiger partial charge in [0.05, 0.1) is 13.2 Å². The van der Waals surface area contributed by atoms with Crippen molar-refractivity contribution in [1.29, 1.82) is 5.26 Å². The molecule has 0 aromatic heterocycles. The molecule has 0 fully saturated rings. The summed E-state index contributed by atoms with van der Waals surface area (Å²) in [5.41, 5.74) is 1.94. The molecule has 0 radical (unpaired) electrons. The normalized spacial score (nSPS) is 10.9. The van der Waals surface area contributed by atoms with Crippen molar-refractivity contribution in [3.63, 3.8) is 0 Å². The van der Waals surface area contributed by atoms with E-state index in [2.05, 4.69) is 5.32 Å². The Balaban J connectivity index is 2.29. The molecule has 2 aromatic carbocycles. The molecule has 0 unspecified atom stereocenters. The highest BCUT2D eigenvalue weighted by atomic mass is 35.5. The standard InChI is InChI=1S/C21H21ClN2O3/c1-4-26-19-10-9-15(12-20(19)27-5-2)11-16(13-23)21(25)24-18-8-6-7-17(22)14(18)3/h6-12H,4-5H2,1-3H3,(H,24,25)/b16-11-. The zero-order valence-electron chi connectivity index (χ0n) is 15.5. The Morgan fingerprint density at radius 3 is 2.56 bits per heavy atom. The zero-order valence-corrected chi connectivity index (χ0v) is 16.3. The molecule has 6 heteroatoms. The second-order valence-corrected chi connectivity index (χ2v) is 6.02. The summed E-state index contributed by atoms with van der Waals surface area (Å²) in [5, 5.41) is 12.7. The first-order valence-electron chi connectivity index (χ1n) is 8.58. The summed E-state index contributed by atoms with van der Waals surface area (Å²) >= 11 is 6.07. The number of hydrogen-bond acceptors (Lipinski definition) is 4.